The highest BCUT2D eigenvalue weighted by atomic mass is 32.1. The van der Waals surface area contributed by atoms with Crippen molar-refractivity contribution in [2.75, 3.05) is 5.43 Å². The number of hydrogen-bond donors (Lipinski definition) is 2. The van der Waals surface area contributed by atoms with E-state index in [1.807, 2.05) is 0 Å². The zero-order valence-corrected chi connectivity index (χ0v) is 14.6. The van der Waals surface area contributed by atoms with Crippen molar-refractivity contribution in [2.24, 2.45) is 0 Å². The summed E-state index contributed by atoms with van der Waals surface area (Å²) in [6, 6.07) is 19.2. The fourth-order valence-corrected chi connectivity index (χ4v) is 3.78. The number of fused-ring (bicyclic) bond motifs is 3. The Kier molecular flexibility index (Phi) is 3.92. The van der Waals surface area contributed by atoms with E-state index in [0.717, 1.165) is 17.2 Å². The third kappa shape index (κ3) is 2.86. The predicted molar refractivity (Wildman–Crippen MR) is 104 cm³/mol. The lowest BCUT2D eigenvalue weighted by atomic mass is 10.1. The second kappa shape index (κ2) is 6.23. The van der Waals surface area contributed by atoms with Crippen molar-refractivity contribution < 1.29 is 0 Å². The van der Waals surface area contributed by atoms with Gasteiger partial charge in [-0.2, -0.15) is 0 Å². The number of aromatic nitrogens is 1. The molecule has 0 atom stereocenters. The second-order valence-electron chi connectivity index (χ2n) is 6.06. The minimum absolute atomic E-state index is 0.768. The van der Waals surface area contributed by atoms with Crippen molar-refractivity contribution in [2.45, 2.75) is 20.4 Å². The number of thiazole rings is 1. The number of hydrogen-bond acceptors (Lipinski definition) is 4. The van der Waals surface area contributed by atoms with Crippen molar-refractivity contribution in [1.82, 2.24) is 10.4 Å². The fourth-order valence-electron chi connectivity index (χ4n) is 2.92. The average molecular weight is 333 g/mol. The minimum atomic E-state index is 0.768. The molecule has 0 aliphatic rings. The van der Waals surface area contributed by atoms with Crippen molar-refractivity contribution in [3.63, 3.8) is 0 Å². The molecule has 24 heavy (non-hydrogen) atoms. The summed E-state index contributed by atoms with van der Waals surface area (Å²) in [7, 11) is 0. The standard InChI is InChI=1S/C20H19N3S/c1-13-7-8-14(2)16(11-13)12-21-23-20-22-19-17-6-4-3-5-15(17)9-10-18(19)24-20/h3-11,21H,12H2,1-2H3,(H,22,23). The van der Waals surface area contributed by atoms with Crippen LogP contribution in [-0.2, 0) is 6.54 Å². The first-order valence-corrected chi connectivity index (χ1v) is 8.86. The molecule has 0 fully saturated rings. The van der Waals surface area contributed by atoms with Gasteiger partial charge in [0.2, 0.25) is 0 Å². The number of anilines is 1. The van der Waals surface area contributed by atoms with Crippen LogP contribution in [0.25, 0.3) is 21.0 Å². The molecular weight excluding hydrogens is 314 g/mol. The van der Waals surface area contributed by atoms with E-state index in [1.54, 1.807) is 11.3 Å². The van der Waals surface area contributed by atoms with Crippen LogP contribution in [0, 0.1) is 13.8 Å². The van der Waals surface area contributed by atoms with Gasteiger partial charge in [-0.25, -0.2) is 10.4 Å². The normalized spacial score (nSPS) is 11.2. The highest BCUT2D eigenvalue weighted by Gasteiger charge is 2.07. The monoisotopic (exact) mass is 333 g/mol. The van der Waals surface area contributed by atoms with Gasteiger partial charge in [0, 0.05) is 11.9 Å². The number of aryl methyl sites for hydroxylation is 2. The van der Waals surface area contributed by atoms with E-state index in [-0.39, 0.29) is 0 Å². The highest BCUT2D eigenvalue weighted by molar-refractivity contribution is 7.22. The van der Waals surface area contributed by atoms with Crippen LogP contribution in [-0.4, -0.2) is 4.98 Å². The molecule has 2 N–H and O–H groups in total. The molecule has 4 heteroatoms. The van der Waals surface area contributed by atoms with E-state index in [4.69, 9.17) is 4.98 Å². The molecule has 0 unspecified atom stereocenters. The first kappa shape index (κ1) is 15.1. The molecule has 0 aliphatic carbocycles. The summed E-state index contributed by atoms with van der Waals surface area (Å²) >= 11 is 1.67. The maximum atomic E-state index is 4.76. The molecular formula is C20H19N3S. The third-order valence-electron chi connectivity index (χ3n) is 4.26. The van der Waals surface area contributed by atoms with E-state index < -0.39 is 0 Å². The van der Waals surface area contributed by atoms with Crippen LogP contribution in [0.5, 0.6) is 0 Å². The lowest BCUT2D eigenvalue weighted by molar-refractivity contribution is 0.794. The second-order valence-corrected chi connectivity index (χ2v) is 7.09. The largest absolute Gasteiger partial charge is 0.297 e. The summed E-state index contributed by atoms with van der Waals surface area (Å²) in [6.45, 7) is 5.03. The lowest BCUT2D eigenvalue weighted by Gasteiger charge is -2.09. The van der Waals surface area contributed by atoms with Gasteiger partial charge in [0.25, 0.3) is 0 Å². The molecule has 4 aromatic rings. The summed E-state index contributed by atoms with van der Waals surface area (Å²) in [6.07, 6.45) is 0. The maximum Gasteiger partial charge on any atom is 0.198 e. The van der Waals surface area contributed by atoms with Crippen LogP contribution in [0.4, 0.5) is 5.13 Å². The Balaban J connectivity index is 1.55. The molecule has 120 valence electrons. The first-order valence-electron chi connectivity index (χ1n) is 8.04. The van der Waals surface area contributed by atoms with Gasteiger partial charge >= 0.3 is 0 Å². The molecule has 1 heterocycles. The molecule has 0 aliphatic heterocycles. The zero-order chi connectivity index (χ0) is 16.5. The van der Waals surface area contributed by atoms with Gasteiger partial charge in [0.05, 0.1) is 10.2 Å². The van der Waals surface area contributed by atoms with Gasteiger partial charge in [-0.3, -0.25) is 5.43 Å². The summed E-state index contributed by atoms with van der Waals surface area (Å²) in [5.74, 6) is 0. The van der Waals surface area contributed by atoms with E-state index >= 15 is 0 Å². The van der Waals surface area contributed by atoms with Crippen molar-refractivity contribution in [1.29, 1.82) is 0 Å². The molecule has 0 radical (unpaired) electrons. The van der Waals surface area contributed by atoms with Crippen molar-refractivity contribution in [3.8, 4) is 0 Å². The summed E-state index contributed by atoms with van der Waals surface area (Å²) in [5, 5.41) is 3.32. The molecule has 0 spiro atoms. The van der Waals surface area contributed by atoms with Crippen LogP contribution in [0.15, 0.2) is 54.6 Å². The SMILES string of the molecule is Cc1ccc(C)c(CNNc2nc3c(ccc4ccccc43)s2)c1. The van der Waals surface area contributed by atoms with Crippen LogP contribution < -0.4 is 10.9 Å². The Hall–Kier alpha value is -2.43. The van der Waals surface area contributed by atoms with Crippen molar-refractivity contribution >= 4 is 37.5 Å². The van der Waals surface area contributed by atoms with Crippen molar-refractivity contribution in [3.05, 3.63) is 71.3 Å². The molecule has 0 saturated carbocycles. The zero-order valence-electron chi connectivity index (χ0n) is 13.8. The number of hydrazine groups is 1. The smallest absolute Gasteiger partial charge is 0.198 e. The van der Waals surface area contributed by atoms with E-state index in [9.17, 15) is 0 Å². The Labute approximate surface area is 145 Å². The molecule has 3 aromatic carbocycles. The van der Waals surface area contributed by atoms with Crippen LogP contribution >= 0.6 is 11.3 Å². The Bertz CT molecular complexity index is 1020. The quantitative estimate of drug-likeness (QED) is 0.505. The molecule has 1 aromatic heterocycles. The third-order valence-corrected chi connectivity index (χ3v) is 5.20. The molecule has 0 amide bonds. The van der Waals surface area contributed by atoms with Crippen LogP contribution in [0.3, 0.4) is 0 Å². The van der Waals surface area contributed by atoms with E-state index in [2.05, 4.69) is 79.3 Å². The summed E-state index contributed by atoms with van der Waals surface area (Å²) in [4.78, 5) is 4.76. The molecule has 0 bridgehead atoms. The van der Waals surface area contributed by atoms with Crippen LogP contribution in [0.1, 0.15) is 16.7 Å². The predicted octanol–water partition coefficient (Wildman–Crippen LogP) is 5.18. The number of benzene rings is 3. The van der Waals surface area contributed by atoms with Gasteiger partial charge < -0.3 is 0 Å². The summed E-state index contributed by atoms with van der Waals surface area (Å²) in [5.41, 5.74) is 11.5. The fraction of sp³-hybridized carbons (Fsp3) is 0.150. The lowest BCUT2D eigenvalue weighted by Crippen LogP contribution is -2.21. The first-order chi connectivity index (χ1) is 11.7. The average Bonchev–Trinajstić information content (AvgIpc) is 3.01. The van der Waals surface area contributed by atoms with Gasteiger partial charge in [0.1, 0.15) is 0 Å². The van der Waals surface area contributed by atoms with E-state index in [0.29, 0.717) is 0 Å². The molecule has 0 saturated heterocycles. The number of rotatable bonds is 4. The van der Waals surface area contributed by atoms with Gasteiger partial charge in [-0.15, -0.1) is 0 Å². The van der Waals surface area contributed by atoms with Gasteiger partial charge in [-0.1, -0.05) is 65.4 Å². The summed E-state index contributed by atoms with van der Waals surface area (Å²) < 4.78 is 1.20. The topological polar surface area (TPSA) is 37.0 Å². The van der Waals surface area contributed by atoms with Gasteiger partial charge in [-0.05, 0) is 36.4 Å². The van der Waals surface area contributed by atoms with E-state index in [1.165, 1.54) is 32.2 Å². The Morgan fingerprint density at radius 1 is 1.00 bits per heavy atom. The highest BCUT2D eigenvalue weighted by Crippen LogP contribution is 2.31. The number of nitrogens with one attached hydrogen (secondary N) is 2. The minimum Gasteiger partial charge on any atom is -0.297 e. The molecule has 4 rings (SSSR count). The van der Waals surface area contributed by atoms with Gasteiger partial charge in [0.15, 0.2) is 5.13 Å². The van der Waals surface area contributed by atoms with Crippen LogP contribution in [0.2, 0.25) is 0 Å². The Morgan fingerprint density at radius 2 is 1.88 bits per heavy atom. The Morgan fingerprint density at radius 3 is 2.79 bits per heavy atom. The maximum absolute atomic E-state index is 4.76. The molecule has 3 nitrogen and oxygen atoms in total. The number of nitrogens with zero attached hydrogens (tertiary/aromatic N) is 1.